The molecule has 0 spiro atoms. The van der Waals surface area contributed by atoms with Gasteiger partial charge >= 0.3 is 0 Å². The third-order valence-corrected chi connectivity index (χ3v) is 2.52. The van der Waals surface area contributed by atoms with E-state index in [4.69, 9.17) is 15.2 Å². The van der Waals surface area contributed by atoms with E-state index in [0.29, 0.717) is 31.9 Å². The number of carbonyl (C=O) groups is 1. The van der Waals surface area contributed by atoms with E-state index in [9.17, 15) is 4.79 Å². The van der Waals surface area contributed by atoms with Gasteiger partial charge in [0.1, 0.15) is 5.82 Å². The minimum atomic E-state index is -0.189. The van der Waals surface area contributed by atoms with Crippen LogP contribution >= 0.6 is 0 Å². The number of ether oxygens (including phenoxy) is 2. The number of nitrogens with one attached hydrogen (secondary N) is 1. The van der Waals surface area contributed by atoms with Crippen molar-refractivity contribution in [3.63, 3.8) is 0 Å². The van der Waals surface area contributed by atoms with Crippen molar-refractivity contribution >= 4 is 11.7 Å². The van der Waals surface area contributed by atoms with Crippen LogP contribution in [-0.4, -0.2) is 44.4 Å². The minimum Gasteiger partial charge on any atom is -0.383 e. The van der Waals surface area contributed by atoms with Gasteiger partial charge in [-0.15, -0.1) is 0 Å². The molecule has 1 rings (SSSR count). The number of amides is 1. The summed E-state index contributed by atoms with van der Waals surface area (Å²) in [5, 5.41) is 2.80. The molecule has 0 atom stereocenters. The van der Waals surface area contributed by atoms with Crippen LogP contribution in [0.25, 0.3) is 0 Å². The van der Waals surface area contributed by atoms with E-state index in [0.717, 1.165) is 12.8 Å². The second kappa shape index (κ2) is 9.29. The van der Waals surface area contributed by atoms with Crippen molar-refractivity contribution in [3.8, 4) is 0 Å². The van der Waals surface area contributed by atoms with Crippen LogP contribution < -0.4 is 11.1 Å². The maximum absolute atomic E-state index is 11.8. The van der Waals surface area contributed by atoms with Crippen molar-refractivity contribution in [3.05, 3.63) is 23.9 Å². The molecule has 0 aliphatic heterocycles. The van der Waals surface area contributed by atoms with Gasteiger partial charge in [0, 0.05) is 26.5 Å². The number of rotatable bonds is 9. The van der Waals surface area contributed by atoms with Gasteiger partial charge in [0.25, 0.3) is 5.91 Å². The zero-order valence-electron chi connectivity index (χ0n) is 11.2. The first-order chi connectivity index (χ1) is 9.25. The fraction of sp³-hybridized carbons (Fsp3) is 0.538. The molecule has 0 unspecified atom stereocenters. The second-order valence-electron chi connectivity index (χ2n) is 4.00. The molecule has 1 amide bonds. The molecule has 106 valence electrons. The Morgan fingerprint density at radius 1 is 1.37 bits per heavy atom. The standard InChI is InChI=1S/C13H21N3O3/c1-18-9-10-19-8-3-2-6-16-13(17)11-5-4-7-15-12(11)14/h4-5,7H,2-3,6,8-10H2,1H3,(H2,14,15)(H,16,17). The SMILES string of the molecule is COCCOCCCCNC(=O)c1cccnc1N. The van der Waals surface area contributed by atoms with Crippen LogP contribution in [0.4, 0.5) is 5.82 Å². The van der Waals surface area contributed by atoms with Gasteiger partial charge < -0.3 is 20.5 Å². The number of anilines is 1. The van der Waals surface area contributed by atoms with Gasteiger partial charge in [-0.3, -0.25) is 4.79 Å². The monoisotopic (exact) mass is 267 g/mol. The van der Waals surface area contributed by atoms with E-state index < -0.39 is 0 Å². The van der Waals surface area contributed by atoms with Gasteiger partial charge in [-0.1, -0.05) is 0 Å². The Morgan fingerprint density at radius 3 is 2.95 bits per heavy atom. The number of pyridine rings is 1. The molecule has 0 fully saturated rings. The maximum atomic E-state index is 11.8. The lowest BCUT2D eigenvalue weighted by atomic mass is 10.2. The van der Waals surface area contributed by atoms with Gasteiger partial charge in [0.15, 0.2) is 0 Å². The molecule has 0 bridgehead atoms. The van der Waals surface area contributed by atoms with E-state index in [1.807, 2.05) is 0 Å². The van der Waals surface area contributed by atoms with E-state index in [1.54, 1.807) is 25.4 Å². The summed E-state index contributed by atoms with van der Waals surface area (Å²) in [4.78, 5) is 15.6. The molecule has 6 heteroatoms. The van der Waals surface area contributed by atoms with Gasteiger partial charge in [-0.2, -0.15) is 0 Å². The molecule has 6 nitrogen and oxygen atoms in total. The normalized spacial score (nSPS) is 10.4. The number of unbranched alkanes of at least 4 members (excludes halogenated alkanes) is 1. The molecule has 1 aromatic heterocycles. The summed E-state index contributed by atoms with van der Waals surface area (Å²) in [6.45, 7) is 2.49. The zero-order valence-corrected chi connectivity index (χ0v) is 11.2. The molecule has 19 heavy (non-hydrogen) atoms. The fourth-order valence-corrected chi connectivity index (χ4v) is 1.48. The van der Waals surface area contributed by atoms with Crippen LogP contribution in [0.3, 0.4) is 0 Å². The summed E-state index contributed by atoms with van der Waals surface area (Å²) in [6.07, 6.45) is 3.31. The molecule has 3 N–H and O–H groups in total. The Balaban J connectivity index is 2.10. The molecular formula is C13H21N3O3. The van der Waals surface area contributed by atoms with Crippen molar-refractivity contribution in [2.75, 3.05) is 39.2 Å². The largest absolute Gasteiger partial charge is 0.383 e. The van der Waals surface area contributed by atoms with E-state index in [1.165, 1.54) is 0 Å². The number of aromatic nitrogens is 1. The lowest BCUT2D eigenvalue weighted by Crippen LogP contribution is -2.25. The summed E-state index contributed by atoms with van der Waals surface area (Å²) in [7, 11) is 1.64. The summed E-state index contributed by atoms with van der Waals surface area (Å²) in [5.41, 5.74) is 6.03. The first-order valence-corrected chi connectivity index (χ1v) is 6.31. The smallest absolute Gasteiger partial charge is 0.255 e. The van der Waals surface area contributed by atoms with Crippen molar-refractivity contribution in [1.82, 2.24) is 10.3 Å². The molecule has 0 saturated carbocycles. The zero-order chi connectivity index (χ0) is 13.9. The van der Waals surface area contributed by atoms with Crippen LogP contribution in [0, 0.1) is 0 Å². The molecule has 0 aromatic carbocycles. The average molecular weight is 267 g/mol. The minimum absolute atomic E-state index is 0.189. The predicted molar refractivity (Wildman–Crippen MR) is 72.9 cm³/mol. The Morgan fingerprint density at radius 2 is 2.21 bits per heavy atom. The Hall–Kier alpha value is -1.66. The molecule has 0 saturated heterocycles. The molecule has 1 aromatic rings. The van der Waals surface area contributed by atoms with E-state index in [-0.39, 0.29) is 11.7 Å². The number of carbonyl (C=O) groups excluding carboxylic acids is 1. The maximum Gasteiger partial charge on any atom is 0.255 e. The average Bonchev–Trinajstić information content (AvgIpc) is 2.42. The number of methoxy groups -OCH3 is 1. The number of nitrogens with zero attached hydrogens (tertiary/aromatic N) is 1. The number of nitrogens with two attached hydrogens (primary N) is 1. The lowest BCUT2D eigenvalue weighted by Gasteiger charge is -2.07. The fourth-order valence-electron chi connectivity index (χ4n) is 1.48. The number of hydrogen-bond acceptors (Lipinski definition) is 5. The van der Waals surface area contributed by atoms with Crippen molar-refractivity contribution in [1.29, 1.82) is 0 Å². The first kappa shape index (κ1) is 15.4. The second-order valence-corrected chi connectivity index (χ2v) is 4.00. The number of hydrogen-bond donors (Lipinski definition) is 2. The van der Waals surface area contributed by atoms with Gasteiger partial charge in [0.2, 0.25) is 0 Å². The van der Waals surface area contributed by atoms with Crippen LogP contribution in [0.2, 0.25) is 0 Å². The first-order valence-electron chi connectivity index (χ1n) is 6.31. The summed E-state index contributed by atoms with van der Waals surface area (Å²) in [5.74, 6) is 0.0637. The van der Waals surface area contributed by atoms with Gasteiger partial charge in [-0.05, 0) is 25.0 Å². The predicted octanol–water partition coefficient (Wildman–Crippen LogP) is 0.837. The van der Waals surface area contributed by atoms with E-state index in [2.05, 4.69) is 10.3 Å². The molecule has 0 aliphatic carbocycles. The Kier molecular flexibility index (Phi) is 7.53. The lowest BCUT2D eigenvalue weighted by molar-refractivity contribution is 0.0686. The van der Waals surface area contributed by atoms with Crippen LogP contribution in [0.5, 0.6) is 0 Å². The molecule has 0 aliphatic rings. The molecule has 0 radical (unpaired) electrons. The van der Waals surface area contributed by atoms with Gasteiger partial charge in [-0.25, -0.2) is 4.98 Å². The van der Waals surface area contributed by atoms with E-state index >= 15 is 0 Å². The summed E-state index contributed by atoms with van der Waals surface area (Å²) < 4.78 is 10.2. The Bertz CT molecular complexity index is 385. The highest BCUT2D eigenvalue weighted by Crippen LogP contribution is 2.06. The Labute approximate surface area is 113 Å². The van der Waals surface area contributed by atoms with Crippen LogP contribution in [0.1, 0.15) is 23.2 Å². The summed E-state index contributed by atoms with van der Waals surface area (Å²) >= 11 is 0. The highest BCUT2D eigenvalue weighted by atomic mass is 16.5. The highest BCUT2D eigenvalue weighted by molar-refractivity contribution is 5.98. The van der Waals surface area contributed by atoms with Crippen molar-refractivity contribution < 1.29 is 14.3 Å². The third kappa shape index (κ3) is 6.17. The molecule has 1 heterocycles. The van der Waals surface area contributed by atoms with Gasteiger partial charge in [0.05, 0.1) is 18.8 Å². The van der Waals surface area contributed by atoms with Crippen molar-refractivity contribution in [2.24, 2.45) is 0 Å². The van der Waals surface area contributed by atoms with Crippen molar-refractivity contribution in [2.45, 2.75) is 12.8 Å². The summed E-state index contributed by atoms with van der Waals surface area (Å²) in [6, 6.07) is 3.35. The third-order valence-electron chi connectivity index (χ3n) is 2.52. The molecular weight excluding hydrogens is 246 g/mol. The van der Waals surface area contributed by atoms with Crippen LogP contribution in [-0.2, 0) is 9.47 Å². The number of nitrogen functional groups attached to an aromatic ring is 1. The quantitative estimate of drug-likeness (QED) is 0.647. The topological polar surface area (TPSA) is 86.5 Å². The highest BCUT2D eigenvalue weighted by Gasteiger charge is 2.08. The van der Waals surface area contributed by atoms with Crippen LogP contribution in [0.15, 0.2) is 18.3 Å².